The molecule has 0 aliphatic rings. The summed E-state index contributed by atoms with van der Waals surface area (Å²) >= 11 is 0. The third-order valence-electron chi connectivity index (χ3n) is 3.49. The molecule has 0 fully saturated rings. The highest BCUT2D eigenvalue weighted by molar-refractivity contribution is 5.90. The molecular weight excluding hydrogens is 270 g/mol. The van der Waals surface area contributed by atoms with Crippen molar-refractivity contribution < 1.29 is 9.90 Å². The van der Waals surface area contributed by atoms with Crippen LogP contribution in [0.5, 0.6) is 0 Å². The SMILES string of the molecule is CCC(CCO)CNC(=O)c1nc2nc(C)cc(C)n2n1. The van der Waals surface area contributed by atoms with E-state index in [1.807, 2.05) is 26.8 Å². The van der Waals surface area contributed by atoms with Crippen LogP contribution >= 0.6 is 0 Å². The molecule has 2 rings (SSSR count). The average Bonchev–Trinajstić information content (AvgIpc) is 2.87. The van der Waals surface area contributed by atoms with Gasteiger partial charge in [-0.2, -0.15) is 4.98 Å². The molecule has 1 atom stereocenters. The lowest BCUT2D eigenvalue weighted by molar-refractivity contribution is 0.0933. The maximum atomic E-state index is 12.1. The van der Waals surface area contributed by atoms with Gasteiger partial charge in [-0.05, 0) is 32.3 Å². The van der Waals surface area contributed by atoms with E-state index in [1.165, 1.54) is 0 Å². The average molecular weight is 291 g/mol. The third-order valence-corrected chi connectivity index (χ3v) is 3.49. The molecule has 7 heteroatoms. The van der Waals surface area contributed by atoms with Crippen LogP contribution in [0.1, 0.15) is 41.8 Å². The van der Waals surface area contributed by atoms with Gasteiger partial charge in [-0.15, -0.1) is 5.10 Å². The quantitative estimate of drug-likeness (QED) is 0.824. The molecular formula is C14H21N5O2. The number of rotatable bonds is 6. The first-order valence-corrected chi connectivity index (χ1v) is 7.15. The van der Waals surface area contributed by atoms with Crippen molar-refractivity contribution in [2.75, 3.05) is 13.2 Å². The highest BCUT2D eigenvalue weighted by Crippen LogP contribution is 2.07. The second-order valence-corrected chi connectivity index (χ2v) is 5.18. The van der Waals surface area contributed by atoms with E-state index in [1.54, 1.807) is 4.52 Å². The number of fused-ring (bicyclic) bond motifs is 1. The second-order valence-electron chi connectivity index (χ2n) is 5.18. The lowest BCUT2D eigenvalue weighted by Gasteiger charge is -2.13. The van der Waals surface area contributed by atoms with E-state index in [-0.39, 0.29) is 24.3 Å². The van der Waals surface area contributed by atoms with Crippen molar-refractivity contribution in [1.29, 1.82) is 0 Å². The van der Waals surface area contributed by atoms with Crippen molar-refractivity contribution in [1.82, 2.24) is 24.9 Å². The number of carbonyl (C=O) groups is 1. The van der Waals surface area contributed by atoms with Gasteiger partial charge in [-0.3, -0.25) is 4.79 Å². The number of aromatic nitrogens is 4. The van der Waals surface area contributed by atoms with Crippen molar-refractivity contribution in [3.63, 3.8) is 0 Å². The first-order chi connectivity index (χ1) is 10.0. The van der Waals surface area contributed by atoms with E-state index in [9.17, 15) is 4.79 Å². The fourth-order valence-electron chi connectivity index (χ4n) is 2.21. The van der Waals surface area contributed by atoms with Gasteiger partial charge in [0.15, 0.2) is 0 Å². The van der Waals surface area contributed by atoms with E-state index >= 15 is 0 Å². The number of nitrogens with one attached hydrogen (secondary N) is 1. The maximum Gasteiger partial charge on any atom is 0.291 e. The molecule has 1 amide bonds. The molecule has 0 spiro atoms. The van der Waals surface area contributed by atoms with Crippen molar-refractivity contribution in [2.24, 2.45) is 5.92 Å². The lowest BCUT2D eigenvalue weighted by Crippen LogP contribution is -2.30. The molecule has 0 aromatic carbocycles. The standard InChI is InChI=1S/C14H21N5O2/c1-4-11(5-6-20)8-15-13(21)12-17-14-16-9(2)7-10(3)19(14)18-12/h7,11,20H,4-6,8H2,1-3H3,(H,15,21). The van der Waals surface area contributed by atoms with Gasteiger partial charge < -0.3 is 10.4 Å². The number of hydrogen-bond donors (Lipinski definition) is 2. The Bertz CT molecular complexity index is 638. The van der Waals surface area contributed by atoms with Crippen LogP contribution in [0, 0.1) is 19.8 Å². The van der Waals surface area contributed by atoms with Crippen molar-refractivity contribution in [2.45, 2.75) is 33.6 Å². The number of aliphatic hydroxyl groups excluding tert-OH is 1. The number of amides is 1. The van der Waals surface area contributed by atoms with Gasteiger partial charge in [0, 0.05) is 24.5 Å². The Labute approximate surface area is 123 Å². The minimum absolute atomic E-state index is 0.120. The fourth-order valence-corrected chi connectivity index (χ4v) is 2.21. The van der Waals surface area contributed by atoms with Gasteiger partial charge in [-0.1, -0.05) is 13.3 Å². The Balaban J connectivity index is 2.11. The van der Waals surface area contributed by atoms with Crippen LogP contribution in [0.3, 0.4) is 0 Å². The molecule has 7 nitrogen and oxygen atoms in total. The van der Waals surface area contributed by atoms with E-state index in [4.69, 9.17) is 5.11 Å². The summed E-state index contributed by atoms with van der Waals surface area (Å²) in [4.78, 5) is 20.5. The molecule has 114 valence electrons. The van der Waals surface area contributed by atoms with E-state index < -0.39 is 0 Å². The number of aliphatic hydroxyl groups is 1. The molecule has 2 heterocycles. The van der Waals surface area contributed by atoms with Gasteiger partial charge in [0.1, 0.15) is 0 Å². The molecule has 21 heavy (non-hydrogen) atoms. The Morgan fingerprint density at radius 3 is 2.86 bits per heavy atom. The number of nitrogens with zero attached hydrogens (tertiary/aromatic N) is 4. The monoisotopic (exact) mass is 291 g/mol. The molecule has 1 unspecified atom stereocenters. The molecule has 0 saturated carbocycles. The van der Waals surface area contributed by atoms with Crippen LogP contribution in [0.2, 0.25) is 0 Å². The summed E-state index contributed by atoms with van der Waals surface area (Å²) in [5, 5.41) is 16.0. The lowest BCUT2D eigenvalue weighted by atomic mass is 10.0. The van der Waals surface area contributed by atoms with Crippen LogP contribution in [0.4, 0.5) is 0 Å². The molecule has 0 saturated heterocycles. The van der Waals surface area contributed by atoms with Crippen molar-refractivity contribution in [3.8, 4) is 0 Å². The third kappa shape index (κ3) is 3.55. The van der Waals surface area contributed by atoms with Gasteiger partial charge in [0.25, 0.3) is 11.7 Å². The van der Waals surface area contributed by atoms with Crippen LogP contribution < -0.4 is 5.32 Å². The highest BCUT2D eigenvalue weighted by atomic mass is 16.3. The van der Waals surface area contributed by atoms with Gasteiger partial charge >= 0.3 is 0 Å². The van der Waals surface area contributed by atoms with Crippen LogP contribution in [0.15, 0.2) is 6.07 Å². The molecule has 0 radical (unpaired) electrons. The summed E-state index contributed by atoms with van der Waals surface area (Å²) < 4.78 is 1.56. The topological polar surface area (TPSA) is 92.4 Å². The number of hydrogen-bond acceptors (Lipinski definition) is 5. The van der Waals surface area contributed by atoms with Crippen LogP contribution in [0.25, 0.3) is 5.78 Å². The Morgan fingerprint density at radius 2 is 2.19 bits per heavy atom. The predicted molar refractivity (Wildman–Crippen MR) is 78.1 cm³/mol. The van der Waals surface area contributed by atoms with Crippen molar-refractivity contribution in [3.05, 3.63) is 23.3 Å². The van der Waals surface area contributed by atoms with E-state index in [2.05, 4.69) is 20.4 Å². The zero-order chi connectivity index (χ0) is 15.4. The molecule has 0 aliphatic carbocycles. The summed E-state index contributed by atoms with van der Waals surface area (Å²) in [6.45, 7) is 6.44. The summed E-state index contributed by atoms with van der Waals surface area (Å²) in [5.41, 5.74) is 1.73. The predicted octanol–water partition coefficient (Wildman–Crippen LogP) is 0.880. The van der Waals surface area contributed by atoms with E-state index in [0.717, 1.165) is 17.8 Å². The first kappa shape index (κ1) is 15.4. The largest absolute Gasteiger partial charge is 0.396 e. The zero-order valence-electron chi connectivity index (χ0n) is 12.6. The van der Waals surface area contributed by atoms with Gasteiger partial charge in [-0.25, -0.2) is 9.50 Å². The second kappa shape index (κ2) is 6.62. The highest BCUT2D eigenvalue weighted by Gasteiger charge is 2.16. The Kier molecular flexibility index (Phi) is 4.85. The molecule has 0 bridgehead atoms. The minimum Gasteiger partial charge on any atom is -0.396 e. The summed E-state index contributed by atoms with van der Waals surface area (Å²) in [5.74, 6) is 0.502. The summed E-state index contributed by atoms with van der Waals surface area (Å²) in [6, 6.07) is 1.89. The summed E-state index contributed by atoms with van der Waals surface area (Å²) in [7, 11) is 0. The normalized spacial score (nSPS) is 12.6. The Hall–Kier alpha value is -2.02. The van der Waals surface area contributed by atoms with Crippen molar-refractivity contribution >= 4 is 11.7 Å². The molecule has 2 N–H and O–H groups in total. The smallest absolute Gasteiger partial charge is 0.291 e. The Morgan fingerprint density at radius 1 is 1.43 bits per heavy atom. The summed E-state index contributed by atoms with van der Waals surface area (Å²) in [6.07, 6.45) is 1.58. The maximum absolute atomic E-state index is 12.1. The van der Waals surface area contributed by atoms with E-state index in [0.29, 0.717) is 18.7 Å². The zero-order valence-corrected chi connectivity index (χ0v) is 12.6. The fraction of sp³-hybridized carbons (Fsp3) is 0.571. The van der Waals surface area contributed by atoms with Gasteiger partial charge in [0.2, 0.25) is 5.82 Å². The molecule has 2 aromatic rings. The molecule has 2 aromatic heterocycles. The van der Waals surface area contributed by atoms with Crippen LogP contribution in [-0.2, 0) is 0 Å². The van der Waals surface area contributed by atoms with Gasteiger partial charge in [0.05, 0.1) is 0 Å². The number of aryl methyl sites for hydroxylation is 2. The minimum atomic E-state index is -0.311. The number of carbonyl (C=O) groups excluding carboxylic acids is 1. The molecule has 0 aliphatic heterocycles. The first-order valence-electron chi connectivity index (χ1n) is 7.15. The van der Waals surface area contributed by atoms with Crippen LogP contribution in [-0.4, -0.2) is 43.7 Å².